The van der Waals surface area contributed by atoms with Gasteiger partial charge < -0.3 is 9.47 Å². The molecule has 0 saturated heterocycles. The molecule has 2 unspecified atom stereocenters. The third-order valence-electron chi connectivity index (χ3n) is 3.17. The summed E-state index contributed by atoms with van der Waals surface area (Å²) in [7, 11) is 0.375. The molecule has 0 bridgehead atoms. The van der Waals surface area contributed by atoms with Crippen molar-refractivity contribution in [3.63, 3.8) is 0 Å². The van der Waals surface area contributed by atoms with Gasteiger partial charge in [-0.1, -0.05) is 6.92 Å². The van der Waals surface area contributed by atoms with Crippen LogP contribution in [0.1, 0.15) is 27.2 Å². The molecule has 0 N–H and O–H groups in total. The molecular formula is C10H14F6O2. The van der Waals surface area contributed by atoms with Gasteiger partial charge in [-0.25, -0.2) is 0 Å². The van der Waals surface area contributed by atoms with Crippen LogP contribution in [0.4, 0.5) is 26.3 Å². The van der Waals surface area contributed by atoms with E-state index >= 15 is 0 Å². The van der Waals surface area contributed by atoms with Gasteiger partial charge in [0.2, 0.25) is 0 Å². The summed E-state index contributed by atoms with van der Waals surface area (Å²) in [6.45, 7) is 3.80. The lowest BCUT2D eigenvalue weighted by Gasteiger charge is -2.57. The van der Waals surface area contributed by atoms with E-state index in [0.717, 1.165) is 0 Å². The van der Waals surface area contributed by atoms with E-state index in [0.29, 0.717) is 7.11 Å². The van der Waals surface area contributed by atoms with Gasteiger partial charge in [0.05, 0.1) is 5.60 Å². The molecule has 0 spiro atoms. The van der Waals surface area contributed by atoms with E-state index in [1.807, 2.05) is 0 Å². The lowest BCUT2D eigenvalue weighted by atomic mass is 9.76. The van der Waals surface area contributed by atoms with Crippen molar-refractivity contribution in [1.82, 2.24) is 0 Å². The largest absolute Gasteiger partial charge is 0.379 e. The minimum Gasteiger partial charge on any atom is -0.340 e. The molecule has 8 heteroatoms. The molecule has 0 aromatic carbocycles. The van der Waals surface area contributed by atoms with Crippen LogP contribution in [-0.4, -0.2) is 36.3 Å². The third kappa shape index (κ3) is 1.44. The monoisotopic (exact) mass is 280 g/mol. The zero-order chi connectivity index (χ0) is 14.6. The molecule has 0 aromatic rings. The first-order chi connectivity index (χ1) is 7.83. The predicted octanol–water partition coefficient (Wildman–Crippen LogP) is 3.45. The van der Waals surface area contributed by atoms with Gasteiger partial charge in [0.25, 0.3) is 0 Å². The first kappa shape index (κ1) is 15.6. The van der Waals surface area contributed by atoms with Gasteiger partial charge in [0, 0.05) is 7.11 Å². The van der Waals surface area contributed by atoms with E-state index in [2.05, 4.69) is 9.47 Å². The molecule has 0 radical (unpaired) electrons. The molecule has 1 aliphatic rings. The van der Waals surface area contributed by atoms with Crippen molar-refractivity contribution in [1.29, 1.82) is 0 Å². The van der Waals surface area contributed by atoms with Gasteiger partial charge in [-0.2, -0.15) is 26.3 Å². The van der Waals surface area contributed by atoms with E-state index in [1.54, 1.807) is 0 Å². The molecule has 1 fully saturated rings. The molecule has 2 atom stereocenters. The average molecular weight is 280 g/mol. The Labute approximate surface area is 100 Å². The molecule has 1 rings (SSSR count). The molecule has 0 heterocycles. The third-order valence-corrected chi connectivity index (χ3v) is 3.17. The zero-order valence-corrected chi connectivity index (χ0v) is 10.3. The summed E-state index contributed by atoms with van der Waals surface area (Å²) >= 11 is 0. The normalized spacial score (nSPS) is 38.3. The van der Waals surface area contributed by atoms with Gasteiger partial charge in [0.15, 0.2) is 0 Å². The Morgan fingerprint density at radius 1 is 0.889 bits per heavy atom. The van der Waals surface area contributed by atoms with Crippen LogP contribution in [0.15, 0.2) is 0 Å². The van der Waals surface area contributed by atoms with Crippen LogP contribution in [0.3, 0.4) is 0 Å². The molecule has 0 aliphatic heterocycles. The van der Waals surface area contributed by atoms with Crippen LogP contribution in [0.5, 0.6) is 0 Å². The standard InChI is InChI=1S/C10H14F6O2/c1-5-6(2,3)18-10(16)8(13,14)7(11,12)9(10,15)17-4/h5H2,1-4H3. The van der Waals surface area contributed by atoms with Gasteiger partial charge in [-0.3, -0.25) is 0 Å². The highest BCUT2D eigenvalue weighted by atomic mass is 19.3. The molecule has 1 aliphatic carbocycles. The first-order valence-corrected chi connectivity index (χ1v) is 5.22. The van der Waals surface area contributed by atoms with Crippen molar-refractivity contribution in [2.45, 2.75) is 56.3 Å². The van der Waals surface area contributed by atoms with E-state index in [9.17, 15) is 26.3 Å². The van der Waals surface area contributed by atoms with Crippen molar-refractivity contribution >= 4 is 0 Å². The number of hydrogen-bond donors (Lipinski definition) is 0. The zero-order valence-electron chi connectivity index (χ0n) is 10.3. The predicted molar refractivity (Wildman–Crippen MR) is 50.0 cm³/mol. The molecule has 0 aromatic heterocycles. The van der Waals surface area contributed by atoms with Crippen LogP contribution in [0.25, 0.3) is 0 Å². The van der Waals surface area contributed by atoms with Crippen LogP contribution in [-0.2, 0) is 9.47 Å². The van der Waals surface area contributed by atoms with Crippen LogP contribution < -0.4 is 0 Å². The fourth-order valence-electron chi connectivity index (χ4n) is 1.59. The number of methoxy groups -OCH3 is 1. The molecule has 1 saturated carbocycles. The van der Waals surface area contributed by atoms with Crippen molar-refractivity contribution in [3.05, 3.63) is 0 Å². The van der Waals surface area contributed by atoms with Crippen molar-refractivity contribution < 1.29 is 35.8 Å². The molecule has 2 nitrogen and oxygen atoms in total. The summed E-state index contributed by atoms with van der Waals surface area (Å²) in [6, 6.07) is 0. The van der Waals surface area contributed by atoms with Gasteiger partial charge in [-0.15, -0.1) is 0 Å². The Morgan fingerprint density at radius 3 is 1.61 bits per heavy atom. The van der Waals surface area contributed by atoms with Crippen molar-refractivity contribution in [3.8, 4) is 0 Å². The second kappa shape index (κ2) is 3.75. The molecule has 0 amide bonds. The summed E-state index contributed by atoms with van der Waals surface area (Å²) < 4.78 is 87.8. The Bertz CT molecular complexity index is 345. The summed E-state index contributed by atoms with van der Waals surface area (Å²) in [6.07, 6.45) is 0.0140. The van der Waals surface area contributed by atoms with Gasteiger partial charge >= 0.3 is 23.6 Å². The van der Waals surface area contributed by atoms with E-state index in [4.69, 9.17) is 0 Å². The Balaban J connectivity index is 3.21. The second-order valence-electron chi connectivity index (χ2n) is 4.76. The molecular weight excluding hydrogens is 266 g/mol. The summed E-state index contributed by atoms with van der Waals surface area (Å²) in [5.74, 6) is -19.7. The highest BCUT2D eigenvalue weighted by Crippen LogP contribution is 2.69. The van der Waals surface area contributed by atoms with Crippen molar-refractivity contribution in [2.24, 2.45) is 0 Å². The van der Waals surface area contributed by atoms with Gasteiger partial charge in [-0.05, 0) is 20.3 Å². The second-order valence-corrected chi connectivity index (χ2v) is 4.76. The fourth-order valence-corrected chi connectivity index (χ4v) is 1.59. The van der Waals surface area contributed by atoms with Crippen LogP contribution in [0.2, 0.25) is 0 Å². The topological polar surface area (TPSA) is 18.5 Å². The molecule has 18 heavy (non-hydrogen) atoms. The minimum atomic E-state index is -5.31. The Hall–Kier alpha value is -0.500. The lowest BCUT2D eigenvalue weighted by molar-refractivity contribution is -0.562. The van der Waals surface area contributed by atoms with Crippen molar-refractivity contribution in [2.75, 3.05) is 7.11 Å². The number of rotatable bonds is 4. The van der Waals surface area contributed by atoms with Crippen LogP contribution >= 0.6 is 0 Å². The van der Waals surface area contributed by atoms with Crippen LogP contribution in [0, 0.1) is 0 Å². The smallest absolute Gasteiger partial charge is 0.340 e. The van der Waals surface area contributed by atoms with E-state index < -0.39 is 29.2 Å². The maximum absolute atomic E-state index is 14.0. The minimum absolute atomic E-state index is 0.0140. The lowest BCUT2D eigenvalue weighted by Crippen LogP contribution is -2.88. The van der Waals surface area contributed by atoms with E-state index in [-0.39, 0.29) is 6.42 Å². The van der Waals surface area contributed by atoms with Gasteiger partial charge in [0.1, 0.15) is 0 Å². The Kier molecular flexibility index (Phi) is 3.24. The number of alkyl halides is 6. The average Bonchev–Trinajstić information content (AvgIpc) is 2.25. The summed E-state index contributed by atoms with van der Waals surface area (Å²) in [5.41, 5.74) is -1.55. The highest BCUT2D eigenvalue weighted by molar-refractivity contribution is 5.24. The maximum atomic E-state index is 14.0. The Morgan fingerprint density at radius 2 is 1.28 bits per heavy atom. The number of ether oxygens (including phenoxy) is 2. The summed E-state index contributed by atoms with van der Waals surface area (Å²) in [5, 5.41) is 0. The maximum Gasteiger partial charge on any atom is 0.379 e. The first-order valence-electron chi connectivity index (χ1n) is 5.22. The molecule has 108 valence electrons. The SMILES string of the molecule is CCC(C)(C)OC1(F)C(F)(F)C(F)(F)C1(F)OC. The fraction of sp³-hybridized carbons (Fsp3) is 1.00. The quantitative estimate of drug-likeness (QED) is 0.734. The van der Waals surface area contributed by atoms with E-state index in [1.165, 1.54) is 20.8 Å². The number of halogens is 6. The summed E-state index contributed by atoms with van der Waals surface area (Å²) in [4.78, 5) is 0. The number of hydrogen-bond acceptors (Lipinski definition) is 2. The highest BCUT2D eigenvalue weighted by Gasteiger charge is 3.01.